The number of hydrogen-bond acceptors (Lipinski definition) is 3. The van der Waals surface area contributed by atoms with Crippen molar-refractivity contribution in [2.45, 2.75) is 25.7 Å². The van der Waals surface area contributed by atoms with Gasteiger partial charge in [0.05, 0.1) is 0 Å². The van der Waals surface area contributed by atoms with E-state index in [9.17, 15) is 22.8 Å². The number of benzene rings is 2. The molecular weight excluding hydrogens is 399 g/mol. The number of carbonyl (C=O) groups excluding carboxylic acids is 2. The predicted molar refractivity (Wildman–Crippen MR) is 104 cm³/mol. The number of aryl methyl sites for hydroxylation is 1. The van der Waals surface area contributed by atoms with Crippen LogP contribution >= 0.6 is 0 Å². The van der Waals surface area contributed by atoms with E-state index in [0.29, 0.717) is 12.1 Å². The quantitative estimate of drug-likeness (QED) is 0.676. The second-order valence-corrected chi connectivity index (χ2v) is 7.12. The van der Waals surface area contributed by atoms with Crippen LogP contribution in [0, 0.1) is 6.92 Å². The van der Waals surface area contributed by atoms with Crippen molar-refractivity contribution in [1.82, 2.24) is 10.3 Å². The van der Waals surface area contributed by atoms with E-state index >= 15 is 0 Å². The van der Waals surface area contributed by atoms with E-state index in [2.05, 4.69) is 15.0 Å². The average Bonchev–Trinajstić information content (AvgIpc) is 3.24. The highest BCUT2D eigenvalue weighted by Gasteiger charge is 2.35. The van der Waals surface area contributed by atoms with Crippen LogP contribution in [0.2, 0.25) is 0 Å². The van der Waals surface area contributed by atoms with Gasteiger partial charge in [-0.05, 0) is 43.2 Å². The van der Waals surface area contributed by atoms with Gasteiger partial charge in [0.15, 0.2) is 0 Å². The average molecular weight is 417 g/mol. The van der Waals surface area contributed by atoms with E-state index in [-0.39, 0.29) is 18.1 Å². The number of ether oxygens (including phenoxy) is 1. The van der Waals surface area contributed by atoms with Crippen LogP contribution in [0.5, 0.6) is 5.75 Å². The molecule has 0 bridgehead atoms. The molecule has 1 saturated heterocycles. The summed E-state index contributed by atoms with van der Waals surface area (Å²) >= 11 is 0. The Morgan fingerprint density at radius 2 is 2.00 bits per heavy atom. The van der Waals surface area contributed by atoms with E-state index < -0.39 is 24.1 Å². The monoisotopic (exact) mass is 417 g/mol. The van der Waals surface area contributed by atoms with Gasteiger partial charge in [-0.25, -0.2) is 0 Å². The molecule has 156 valence electrons. The van der Waals surface area contributed by atoms with Gasteiger partial charge in [-0.1, -0.05) is 18.2 Å². The second-order valence-electron chi connectivity index (χ2n) is 7.12. The Balaban J connectivity index is 1.46. The molecule has 2 amide bonds. The van der Waals surface area contributed by atoms with E-state index in [0.717, 1.165) is 28.6 Å². The third-order valence-electron chi connectivity index (χ3n) is 4.90. The fourth-order valence-electron chi connectivity index (χ4n) is 3.52. The Bertz CT molecular complexity index is 1120. The summed E-state index contributed by atoms with van der Waals surface area (Å²) in [5.74, 6) is -1.22. The van der Waals surface area contributed by atoms with Crippen molar-refractivity contribution in [3.05, 3.63) is 59.8 Å². The summed E-state index contributed by atoms with van der Waals surface area (Å²) in [6, 6.07) is 11.9. The second kappa shape index (κ2) is 7.40. The summed E-state index contributed by atoms with van der Waals surface area (Å²) in [6.45, 7) is 2.21. The number of carbonyl (C=O) groups is 2. The number of fused-ring (bicyclic) bond motifs is 1. The molecule has 1 aliphatic heterocycles. The highest BCUT2D eigenvalue weighted by molar-refractivity contribution is 6.04. The lowest BCUT2D eigenvalue weighted by Gasteiger charge is -2.18. The molecule has 0 radical (unpaired) electrons. The molecule has 9 heteroatoms. The van der Waals surface area contributed by atoms with Gasteiger partial charge < -0.3 is 19.9 Å². The molecule has 6 nitrogen and oxygen atoms in total. The van der Waals surface area contributed by atoms with Crippen LogP contribution in [0.25, 0.3) is 10.9 Å². The lowest BCUT2D eigenvalue weighted by molar-refractivity contribution is -0.274. The number of nitrogens with zero attached hydrogens (tertiary/aromatic N) is 1. The zero-order chi connectivity index (χ0) is 21.5. The van der Waals surface area contributed by atoms with Crippen molar-refractivity contribution in [3.8, 4) is 5.75 Å². The van der Waals surface area contributed by atoms with Gasteiger partial charge in [-0.3, -0.25) is 9.59 Å². The summed E-state index contributed by atoms with van der Waals surface area (Å²) in [7, 11) is 0. The van der Waals surface area contributed by atoms with Crippen molar-refractivity contribution >= 4 is 28.4 Å². The number of rotatable bonds is 4. The van der Waals surface area contributed by atoms with Gasteiger partial charge in [0, 0.05) is 29.2 Å². The third kappa shape index (κ3) is 4.10. The highest BCUT2D eigenvalue weighted by atomic mass is 19.4. The number of alkyl halides is 3. The topological polar surface area (TPSA) is 74.4 Å². The maximum Gasteiger partial charge on any atom is 0.573 e. The fraction of sp³-hybridized carbons (Fsp3) is 0.238. The molecule has 1 aliphatic rings. The molecule has 3 aromatic rings. The molecule has 0 unspecified atom stereocenters. The molecule has 1 atom stereocenters. The number of hydrogen-bond donors (Lipinski definition) is 2. The van der Waals surface area contributed by atoms with E-state index in [1.807, 2.05) is 25.1 Å². The largest absolute Gasteiger partial charge is 0.573 e. The predicted octanol–water partition coefficient (Wildman–Crippen LogP) is 3.91. The third-order valence-corrected chi connectivity index (χ3v) is 4.90. The van der Waals surface area contributed by atoms with Crippen LogP contribution in [0.15, 0.2) is 48.5 Å². The fourth-order valence-corrected chi connectivity index (χ4v) is 3.52. The normalized spacial score (nSPS) is 16.9. The van der Waals surface area contributed by atoms with Crippen LogP contribution in [-0.2, 0) is 4.79 Å². The number of aromatic nitrogens is 1. The minimum atomic E-state index is -4.82. The van der Waals surface area contributed by atoms with E-state index in [1.165, 1.54) is 17.0 Å². The van der Waals surface area contributed by atoms with Crippen LogP contribution in [0.1, 0.15) is 22.5 Å². The first kappa shape index (κ1) is 19.8. The molecule has 2 heterocycles. The maximum atomic E-state index is 12.7. The van der Waals surface area contributed by atoms with E-state index in [1.54, 1.807) is 6.07 Å². The SMILES string of the molecule is Cc1ccc2cc(C(=O)N[C@@H]3CCN(c4cccc(OC(F)(F)F)c4)C3=O)[nH]c2c1. The van der Waals surface area contributed by atoms with Gasteiger partial charge in [0.1, 0.15) is 17.5 Å². The van der Waals surface area contributed by atoms with Crippen molar-refractivity contribution < 1.29 is 27.5 Å². The first-order valence-electron chi connectivity index (χ1n) is 9.27. The number of amides is 2. The summed E-state index contributed by atoms with van der Waals surface area (Å²) in [6.07, 6.45) is -4.48. The van der Waals surface area contributed by atoms with Crippen LogP contribution in [-0.4, -0.2) is 35.7 Å². The standard InChI is InChI=1S/C21H18F3N3O3/c1-12-5-6-13-10-18(25-17(13)9-12)19(28)26-16-7-8-27(20(16)29)14-3-2-4-15(11-14)30-21(22,23)24/h2-6,9-11,16,25H,7-8H2,1H3,(H,26,28)/t16-/m1/s1. The smallest absolute Gasteiger partial charge is 0.406 e. The molecule has 1 fully saturated rings. The Morgan fingerprint density at radius 3 is 2.77 bits per heavy atom. The zero-order valence-electron chi connectivity index (χ0n) is 15.9. The van der Waals surface area contributed by atoms with Gasteiger partial charge in [-0.2, -0.15) is 0 Å². The summed E-state index contributed by atoms with van der Waals surface area (Å²) in [4.78, 5) is 29.7. The van der Waals surface area contributed by atoms with Crippen molar-refractivity contribution in [1.29, 1.82) is 0 Å². The van der Waals surface area contributed by atoms with Gasteiger partial charge in [-0.15, -0.1) is 13.2 Å². The number of anilines is 1. The van der Waals surface area contributed by atoms with Crippen LogP contribution in [0.3, 0.4) is 0 Å². The highest BCUT2D eigenvalue weighted by Crippen LogP contribution is 2.29. The summed E-state index contributed by atoms with van der Waals surface area (Å²) in [5, 5.41) is 3.58. The molecule has 4 rings (SSSR count). The molecule has 0 saturated carbocycles. The molecular formula is C21H18F3N3O3. The van der Waals surface area contributed by atoms with Crippen molar-refractivity contribution in [3.63, 3.8) is 0 Å². The first-order chi connectivity index (χ1) is 14.2. The number of aromatic amines is 1. The van der Waals surface area contributed by atoms with Gasteiger partial charge in [0.2, 0.25) is 5.91 Å². The van der Waals surface area contributed by atoms with Gasteiger partial charge in [0.25, 0.3) is 5.91 Å². The first-order valence-corrected chi connectivity index (χ1v) is 9.27. The molecule has 30 heavy (non-hydrogen) atoms. The van der Waals surface area contributed by atoms with Crippen molar-refractivity contribution in [2.75, 3.05) is 11.4 Å². The molecule has 0 spiro atoms. The Morgan fingerprint density at radius 1 is 1.20 bits per heavy atom. The molecule has 2 N–H and O–H groups in total. The number of H-pyrrole nitrogens is 1. The summed E-state index contributed by atoms with van der Waals surface area (Å²) in [5.41, 5.74) is 2.48. The lowest BCUT2D eigenvalue weighted by Crippen LogP contribution is -2.41. The van der Waals surface area contributed by atoms with Crippen molar-refractivity contribution in [2.24, 2.45) is 0 Å². The van der Waals surface area contributed by atoms with Gasteiger partial charge >= 0.3 is 6.36 Å². The minimum absolute atomic E-state index is 0.269. The maximum absolute atomic E-state index is 12.7. The minimum Gasteiger partial charge on any atom is -0.406 e. The zero-order valence-corrected chi connectivity index (χ0v) is 15.9. The lowest BCUT2D eigenvalue weighted by atomic mass is 10.2. The molecule has 1 aromatic heterocycles. The molecule has 2 aromatic carbocycles. The van der Waals surface area contributed by atoms with E-state index in [4.69, 9.17) is 0 Å². The van der Waals surface area contributed by atoms with Crippen LogP contribution in [0.4, 0.5) is 18.9 Å². The Kier molecular flexibility index (Phi) is 4.89. The number of halogens is 3. The molecule has 0 aliphatic carbocycles. The van der Waals surface area contributed by atoms with Crippen LogP contribution < -0.4 is 15.0 Å². The summed E-state index contributed by atoms with van der Waals surface area (Å²) < 4.78 is 41.2. The number of nitrogens with one attached hydrogen (secondary N) is 2. The Hall–Kier alpha value is -3.49. The Labute approximate surface area is 169 Å².